The van der Waals surface area contributed by atoms with Crippen LogP contribution in [-0.2, 0) is 0 Å². The number of aliphatic hydroxyl groups is 1. The molecular formula is C19H36O. The summed E-state index contributed by atoms with van der Waals surface area (Å²) in [7, 11) is 0. The highest BCUT2D eigenvalue weighted by molar-refractivity contribution is 4.66. The molecule has 0 saturated heterocycles. The third kappa shape index (κ3) is 15.5. The maximum atomic E-state index is 9.90. The normalized spacial score (nSPS) is 10.9. The molecule has 0 bridgehead atoms. The van der Waals surface area contributed by atoms with Gasteiger partial charge in [0, 0.05) is 0 Å². The zero-order chi connectivity index (χ0) is 14.9. The van der Waals surface area contributed by atoms with E-state index in [4.69, 9.17) is 0 Å². The van der Waals surface area contributed by atoms with E-state index in [9.17, 15) is 5.11 Å². The molecular weight excluding hydrogens is 244 g/mol. The summed E-state index contributed by atoms with van der Waals surface area (Å²) < 4.78 is 0. The molecule has 118 valence electrons. The first kappa shape index (κ1) is 19.4. The first-order chi connectivity index (χ1) is 9.81. The third-order valence-corrected chi connectivity index (χ3v) is 3.89. The van der Waals surface area contributed by atoms with E-state index in [2.05, 4.69) is 13.2 Å². The number of unbranched alkanes of at least 4 members (excludes halogenated alkanes) is 10. The van der Waals surface area contributed by atoms with Crippen molar-refractivity contribution in [2.24, 2.45) is 0 Å². The van der Waals surface area contributed by atoms with Crippen molar-refractivity contribution in [1.29, 1.82) is 0 Å². The van der Waals surface area contributed by atoms with Crippen molar-refractivity contribution >= 4 is 0 Å². The minimum Gasteiger partial charge on any atom is -0.393 e. The van der Waals surface area contributed by atoms with Crippen molar-refractivity contribution in [3.05, 3.63) is 25.3 Å². The first-order valence-corrected chi connectivity index (χ1v) is 8.71. The van der Waals surface area contributed by atoms with E-state index in [-0.39, 0.29) is 6.10 Å². The zero-order valence-electron chi connectivity index (χ0n) is 13.5. The third-order valence-electron chi connectivity index (χ3n) is 3.89. The molecule has 0 radical (unpaired) electrons. The number of hydrogen-bond donors (Lipinski definition) is 1. The molecule has 0 aromatic carbocycles. The Bertz CT molecular complexity index is 188. The molecule has 20 heavy (non-hydrogen) atoms. The molecule has 0 saturated carbocycles. The van der Waals surface area contributed by atoms with Gasteiger partial charge in [-0.1, -0.05) is 63.5 Å². The summed E-state index contributed by atoms with van der Waals surface area (Å²) in [6.07, 6.45) is 21.0. The summed E-state index contributed by atoms with van der Waals surface area (Å²) >= 11 is 0. The van der Waals surface area contributed by atoms with Crippen LogP contribution in [0.15, 0.2) is 25.3 Å². The number of aliphatic hydroxyl groups excluding tert-OH is 1. The molecule has 0 aromatic rings. The van der Waals surface area contributed by atoms with Crippen LogP contribution in [0.5, 0.6) is 0 Å². The van der Waals surface area contributed by atoms with Gasteiger partial charge in [0.2, 0.25) is 0 Å². The van der Waals surface area contributed by atoms with Gasteiger partial charge in [0.25, 0.3) is 0 Å². The fraction of sp³-hybridized carbons (Fsp3) is 0.789. The highest BCUT2D eigenvalue weighted by Gasteiger charge is 2.03. The van der Waals surface area contributed by atoms with Gasteiger partial charge in [0.05, 0.1) is 6.10 Å². The maximum absolute atomic E-state index is 9.90. The van der Waals surface area contributed by atoms with Crippen LogP contribution in [0, 0.1) is 0 Å². The molecule has 1 heteroatoms. The second kappa shape index (κ2) is 16.5. The topological polar surface area (TPSA) is 20.2 Å². The van der Waals surface area contributed by atoms with Crippen LogP contribution in [0.2, 0.25) is 0 Å². The minimum atomic E-state index is -0.0589. The zero-order valence-corrected chi connectivity index (χ0v) is 13.5. The van der Waals surface area contributed by atoms with Crippen LogP contribution in [0.4, 0.5) is 0 Å². The molecule has 0 atom stereocenters. The van der Waals surface area contributed by atoms with Crippen LogP contribution in [0.1, 0.15) is 89.9 Å². The lowest BCUT2D eigenvalue weighted by Gasteiger charge is -2.10. The number of rotatable bonds is 16. The van der Waals surface area contributed by atoms with Gasteiger partial charge < -0.3 is 5.11 Å². The predicted molar refractivity (Wildman–Crippen MR) is 91.0 cm³/mol. The molecule has 0 rings (SSSR count). The number of hydrogen-bond acceptors (Lipinski definition) is 1. The fourth-order valence-corrected chi connectivity index (χ4v) is 2.54. The molecule has 0 aliphatic heterocycles. The Hall–Kier alpha value is -0.560. The van der Waals surface area contributed by atoms with Crippen LogP contribution in [0.3, 0.4) is 0 Å². The molecule has 0 amide bonds. The van der Waals surface area contributed by atoms with Gasteiger partial charge in [-0.2, -0.15) is 0 Å². The van der Waals surface area contributed by atoms with Crippen molar-refractivity contribution < 1.29 is 5.11 Å². The molecule has 0 spiro atoms. The molecule has 1 N–H and O–H groups in total. The lowest BCUT2D eigenvalue weighted by Crippen LogP contribution is -2.05. The summed E-state index contributed by atoms with van der Waals surface area (Å²) in [5.41, 5.74) is 0. The summed E-state index contributed by atoms with van der Waals surface area (Å²) in [5, 5.41) is 9.90. The Morgan fingerprint density at radius 2 is 0.950 bits per heavy atom. The Labute approximate surface area is 127 Å². The van der Waals surface area contributed by atoms with Crippen molar-refractivity contribution in [3.8, 4) is 0 Å². The lowest BCUT2D eigenvalue weighted by atomic mass is 10.0. The molecule has 0 aliphatic rings. The molecule has 0 unspecified atom stereocenters. The molecule has 0 aliphatic carbocycles. The molecule has 0 heterocycles. The minimum absolute atomic E-state index is 0.0589. The molecule has 1 nitrogen and oxygen atoms in total. The highest BCUT2D eigenvalue weighted by atomic mass is 16.3. The van der Waals surface area contributed by atoms with E-state index < -0.39 is 0 Å². The van der Waals surface area contributed by atoms with Crippen molar-refractivity contribution in [3.63, 3.8) is 0 Å². The SMILES string of the molecule is C=CCCCCCCCC(O)CCCCCCCC=C. The summed E-state index contributed by atoms with van der Waals surface area (Å²) in [4.78, 5) is 0. The van der Waals surface area contributed by atoms with Crippen LogP contribution in [-0.4, -0.2) is 11.2 Å². The smallest absolute Gasteiger partial charge is 0.0540 e. The Morgan fingerprint density at radius 1 is 0.600 bits per heavy atom. The van der Waals surface area contributed by atoms with Crippen molar-refractivity contribution in [1.82, 2.24) is 0 Å². The Balaban J connectivity index is 3.14. The van der Waals surface area contributed by atoms with Crippen LogP contribution in [0.25, 0.3) is 0 Å². The Kier molecular flexibility index (Phi) is 16.0. The predicted octanol–water partition coefficient (Wildman–Crippen LogP) is 6.18. The standard InChI is InChI=1S/C19H36O/c1-3-5-7-9-11-13-15-17-19(20)18-16-14-12-10-8-6-4-2/h3-4,19-20H,1-2,5-18H2. The van der Waals surface area contributed by atoms with Gasteiger partial charge in [0.15, 0.2) is 0 Å². The monoisotopic (exact) mass is 280 g/mol. The largest absolute Gasteiger partial charge is 0.393 e. The molecule has 0 aromatic heterocycles. The lowest BCUT2D eigenvalue weighted by molar-refractivity contribution is 0.147. The van der Waals surface area contributed by atoms with E-state index in [1.165, 1.54) is 64.2 Å². The molecule has 0 fully saturated rings. The van der Waals surface area contributed by atoms with Gasteiger partial charge in [-0.25, -0.2) is 0 Å². The van der Waals surface area contributed by atoms with E-state index >= 15 is 0 Å². The van der Waals surface area contributed by atoms with E-state index in [1.807, 2.05) is 12.2 Å². The summed E-state index contributed by atoms with van der Waals surface area (Å²) in [5.74, 6) is 0. The second-order valence-electron chi connectivity index (χ2n) is 5.92. The van der Waals surface area contributed by atoms with Gasteiger partial charge in [-0.3, -0.25) is 0 Å². The van der Waals surface area contributed by atoms with Crippen LogP contribution < -0.4 is 0 Å². The highest BCUT2D eigenvalue weighted by Crippen LogP contribution is 2.14. The summed E-state index contributed by atoms with van der Waals surface area (Å²) in [6.45, 7) is 7.47. The van der Waals surface area contributed by atoms with E-state index in [0.29, 0.717) is 0 Å². The van der Waals surface area contributed by atoms with E-state index in [1.54, 1.807) is 0 Å². The van der Waals surface area contributed by atoms with Crippen molar-refractivity contribution in [2.45, 2.75) is 96.0 Å². The average molecular weight is 280 g/mol. The number of allylic oxidation sites excluding steroid dienone is 2. The maximum Gasteiger partial charge on any atom is 0.0540 e. The van der Waals surface area contributed by atoms with Gasteiger partial charge >= 0.3 is 0 Å². The van der Waals surface area contributed by atoms with E-state index in [0.717, 1.165) is 25.7 Å². The fourth-order valence-electron chi connectivity index (χ4n) is 2.54. The van der Waals surface area contributed by atoms with Gasteiger partial charge in [0.1, 0.15) is 0 Å². The van der Waals surface area contributed by atoms with Crippen molar-refractivity contribution in [2.75, 3.05) is 0 Å². The van der Waals surface area contributed by atoms with Gasteiger partial charge in [-0.15, -0.1) is 13.2 Å². The quantitative estimate of drug-likeness (QED) is 0.264. The van der Waals surface area contributed by atoms with Crippen LogP contribution >= 0.6 is 0 Å². The average Bonchev–Trinajstić information content (AvgIpc) is 2.45. The summed E-state index contributed by atoms with van der Waals surface area (Å²) in [6, 6.07) is 0. The first-order valence-electron chi connectivity index (χ1n) is 8.71. The second-order valence-corrected chi connectivity index (χ2v) is 5.92. The van der Waals surface area contributed by atoms with Gasteiger partial charge in [-0.05, 0) is 38.5 Å². The Morgan fingerprint density at radius 3 is 1.35 bits per heavy atom.